The summed E-state index contributed by atoms with van der Waals surface area (Å²) in [6, 6.07) is -0.0900. The Morgan fingerprint density at radius 3 is 3.00 bits per heavy atom. The molecule has 1 atom stereocenters. The summed E-state index contributed by atoms with van der Waals surface area (Å²) in [7, 11) is 0. The van der Waals surface area contributed by atoms with Crippen LogP contribution in [0.15, 0.2) is 6.20 Å². The van der Waals surface area contributed by atoms with Crippen LogP contribution < -0.4 is 5.32 Å². The van der Waals surface area contributed by atoms with E-state index in [2.05, 4.69) is 10.3 Å². The highest BCUT2D eigenvalue weighted by atomic mass is 32.1. The van der Waals surface area contributed by atoms with Crippen molar-refractivity contribution in [2.24, 2.45) is 0 Å². The third-order valence-electron chi connectivity index (χ3n) is 1.62. The van der Waals surface area contributed by atoms with Gasteiger partial charge in [-0.25, -0.2) is 9.78 Å². The maximum absolute atomic E-state index is 11.1. The molecule has 0 aliphatic carbocycles. The molecule has 1 aromatic rings. The Morgan fingerprint density at radius 2 is 2.50 bits per heavy atom. The van der Waals surface area contributed by atoms with E-state index in [9.17, 15) is 4.79 Å². The molecule has 0 saturated heterocycles. The van der Waals surface area contributed by atoms with Gasteiger partial charge in [0.15, 0.2) is 0 Å². The van der Waals surface area contributed by atoms with Gasteiger partial charge in [-0.15, -0.1) is 11.3 Å². The number of carbonyl (C=O) groups excluding carboxylic acids is 1. The molecule has 1 unspecified atom stereocenters. The lowest BCUT2D eigenvalue weighted by Crippen LogP contribution is -2.27. The first kappa shape index (κ1) is 11.0. The van der Waals surface area contributed by atoms with Crippen LogP contribution in [-0.4, -0.2) is 17.7 Å². The summed E-state index contributed by atoms with van der Waals surface area (Å²) in [5, 5.41) is 3.60. The summed E-state index contributed by atoms with van der Waals surface area (Å²) in [6.07, 6.45) is 1.40. The van der Waals surface area contributed by atoms with Gasteiger partial charge in [0.1, 0.15) is 5.01 Å². The van der Waals surface area contributed by atoms with E-state index in [0.717, 1.165) is 9.88 Å². The smallest absolute Gasteiger partial charge is 0.407 e. The first-order valence-corrected chi connectivity index (χ1v) is 5.30. The van der Waals surface area contributed by atoms with Crippen LogP contribution in [0.4, 0.5) is 4.79 Å². The number of hydrogen-bond donors (Lipinski definition) is 1. The number of aromatic nitrogens is 1. The molecule has 14 heavy (non-hydrogen) atoms. The highest BCUT2D eigenvalue weighted by Crippen LogP contribution is 2.18. The standard InChI is InChI=1S/C9H14N2O2S/c1-4-13-9(12)11-7(3)8-10-5-6(2)14-8/h5,7H,4H2,1-3H3,(H,11,12). The largest absolute Gasteiger partial charge is 0.450 e. The number of amides is 1. The second kappa shape index (κ2) is 4.95. The predicted molar refractivity (Wildman–Crippen MR) is 55.4 cm³/mol. The maximum atomic E-state index is 11.1. The van der Waals surface area contributed by atoms with Crippen LogP contribution in [0, 0.1) is 6.92 Å². The lowest BCUT2D eigenvalue weighted by Gasteiger charge is -2.10. The molecule has 4 nitrogen and oxygen atoms in total. The van der Waals surface area contributed by atoms with E-state index in [0.29, 0.717) is 6.61 Å². The normalized spacial score (nSPS) is 12.2. The van der Waals surface area contributed by atoms with Crippen LogP contribution in [0.25, 0.3) is 0 Å². The monoisotopic (exact) mass is 214 g/mol. The van der Waals surface area contributed by atoms with Gasteiger partial charge in [-0.1, -0.05) is 0 Å². The topological polar surface area (TPSA) is 51.2 Å². The summed E-state index contributed by atoms with van der Waals surface area (Å²) >= 11 is 1.57. The van der Waals surface area contributed by atoms with Crippen molar-refractivity contribution in [2.45, 2.75) is 26.8 Å². The molecule has 0 spiro atoms. The van der Waals surface area contributed by atoms with Crippen molar-refractivity contribution in [2.75, 3.05) is 6.61 Å². The van der Waals surface area contributed by atoms with E-state index in [1.165, 1.54) is 0 Å². The van der Waals surface area contributed by atoms with Crippen LogP contribution in [-0.2, 0) is 4.74 Å². The Balaban J connectivity index is 2.50. The number of nitrogens with zero attached hydrogens (tertiary/aromatic N) is 1. The molecule has 1 heterocycles. The SMILES string of the molecule is CCOC(=O)NC(C)c1ncc(C)s1. The zero-order valence-corrected chi connectivity index (χ0v) is 9.35. The highest BCUT2D eigenvalue weighted by molar-refractivity contribution is 7.11. The van der Waals surface area contributed by atoms with E-state index in [4.69, 9.17) is 4.74 Å². The third kappa shape index (κ3) is 2.99. The summed E-state index contributed by atoms with van der Waals surface area (Å²) < 4.78 is 4.77. The van der Waals surface area contributed by atoms with Gasteiger partial charge in [0.2, 0.25) is 0 Å². The molecule has 1 amide bonds. The van der Waals surface area contributed by atoms with Gasteiger partial charge in [-0.05, 0) is 20.8 Å². The Labute approximate surface area is 87.3 Å². The molecule has 1 N–H and O–H groups in total. The first-order chi connectivity index (χ1) is 6.63. The predicted octanol–water partition coefficient (Wildman–Crippen LogP) is 2.26. The van der Waals surface area contributed by atoms with Crippen LogP contribution in [0.3, 0.4) is 0 Å². The van der Waals surface area contributed by atoms with Gasteiger partial charge in [-0.2, -0.15) is 0 Å². The molecule has 0 aromatic carbocycles. The second-order valence-corrected chi connectivity index (χ2v) is 4.16. The highest BCUT2D eigenvalue weighted by Gasteiger charge is 2.12. The number of rotatable bonds is 3. The van der Waals surface area contributed by atoms with Gasteiger partial charge < -0.3 is 10.1 Å². The Morgan fingerprint density at radius 1 is 1.79 bits per heavy atom. The van der Waals surface area contributed by atoms with Crippen LogP contribution >= 0.6 is 11.3 Å². The van der Waals surface area contributed by atoms with Crippen molar-refractivity contribution < 1.29 is 9.53 Å². The number of alkyl carbamates (subject to hydrolysis) is 1. The van der Waals surface area contributed by atoms with Gasteiger partial charge in [-0.3, -0.25) is 0 Å². The average Bonchev–Trinajstić information content (AvgIpc) is 2.52. The second-order valence-electron chi connectivity index (χ2n) is 2.90. The number of nitrogens with one attached hydrogen (secondary N) is 1. The van der Waals surface area contributed by atoms with E-state index >= 15 is 0 Å². The molecular formula is C9H14N2O2S. The van der Waals surface area contributed by atoms with Crippen molar-refractivity contribution in [1.82, 2.24) is 10.3 Å². The molecule has 0 fully saturated rings. The van der Waals surface area contributed by atoms with Crippen LogP contribution in [0.2, 0.25) is 0 Å². The summed E-state index contributed by atoms with van der Waals surface area (Å²) in [5.74, 6) is 0. The molecule has 0 saturated carbocycles. The zero-order valence-electron chi connectivity index (χ0n) is 8.53. The molecule has 0 radical (unpaired) electrons. The Kier molecular flexibility index (Phi) is 3.88. The fourth-order valence-electron chi connectivity index (χ4n) is 0.984. The quantitative estimate of drug-likeness (QED) is 0.839. The van der Waals surface area contributed by atoms with Crippen LogP contribution in [0.5, 0.6) is 0 Å². The third-order valence-corrected chi connectivity index (χ3v) is 2.71. The molecule has 1 aromatic heterocycles. The maximum Gasteiger partial charge on any atom is 0.407 e. The van der Waals surface area contributed by atoms with Gasteiger partial charge in [0.05, 0.1) is 12.6 Å². The fourth-order valence-corrected chi connectivity index (χ4v) is 1.76. The molecule has 5 heteroatoms. The van der Waals surface area contributed by atoms with Crippen molar-refractivity contribution >= 4 is 17.4 Å². The van der Waals surface area contributed by atoms with E-state index in [1.807, 2.05) is 13.8 Å². The number of aryl methyl sites for hydroxylation is 1. The summed E-state index contributed by atoms with van der Waals surface area (Å²) in [4.78, 5) is 16.4. The minimum Gasteiger partial charge on any atom is -0.450 e. The van der Waals surface area contributed by atoms with Crippen molar-refractivity contribution in [3.63, 3.8) is 0 Å². The lowest BCUT2D eigenvalue weighted by molar-refractivity contribution is 0.149. The molecular weight excluding hydrogens is 200 g/mol. The van der Waals surface area contributed by atoms with E-state index < -0.39 is 6.09 Å². The molecule has 0 aliphatic heterocycles. The van der Waals surface area contributed by atoms with Crippen LogP contribution in [0.1, 0.15) is 29.8 Å². The van der Waals surface area contributed by atoms with Gasteiger partial charge in [0.25, 0.3) is 0 Å². The van der Waals surface area contributed by atoms with E-state index in [-0.39, 0.29) is 6.04 Å². The molecule has 0 aliphatic rings. The number of carbonyl (C=O) groups is 1. The minimum atomic E-state index is -0.396. The van der Waals surface area contributed by atoms with Crippen molar-refractivity contribution in [1.29, 1.82) is 0 Å². The summed E-state index contributed by atoms with van der Waals surface area (Å²) in [5.41, 5.74) is 0. The van der Waals surface area contributed by atoms with E-state index in [1.54, 1.807) is 24.5 Å². The first-order valence-electron chi connectivity index (χ1n) is 4.49. The number of hydrogen-bond acceptors (Lipinski definition) is 4. The zero-order chi connectivity index (χ0) is 10.6. The number of thiazole rings is 1. The average molecular weight is 214 g/mol. The fraction of sp³-hybridized carbons (Fsp3) is 0.556. The molecule has 1 rings (SSSR count). The Hall–Kier alpha value is -1.10. The minimum absolute atomic E-state index is 0.0900. The molecule has 0 bridgehead atoms. The number of ether oxygens (including phenoxy) is 1. The lowest BCUT2D eigenvalue weighted by atomic mass is 10.4. The van der Waals surface area contributed by atoms with Gasteiger partial charge in [0, 0.05) is 11.1 Å². The summed E-state index contributed by atoms with van der Waals surface area (Å²) in [6.45, 7) is 6.03. The Bertz CT molecular complexity index is 312. The van der Waals surface area contributed by atoms with Crippen molar-refractivity contribution in [3.05, 3.63) is 16.1 Å². The van der Waals surface area contributed by atoms with Crippen molar-refractivity contribution in [3.8, 4) is 0 Å². The van der Waals surface area contributed by atoms with Gasteiger partial charge >= 0.3 is 6.09 Å². The molecule has 78 valence electrons.